The summed E-state index contributed by atoms with van der Waals surface area (Å²) in [7, 11) is 1.55. The molecule has 0 bridgehead atoms. The second kappa shape index (κ2) is 13.2. The van der Waals surface area contributed by atoms with Crippen LogP contribution in [0.1, 0.15) is 39.5 Å². The number of fused-ring (bicyclic) bond motifs is 1. The lowest BCUT2D eigenvalue weighted by Crippen LogP contribution is -2.32. The van der Waals surface area contributed by atoms with Crippen LogP contribution in [0.15, 0.2) is 102 Å². The Kier molecular flexibility index (Phi) is 8.75. The summed E-state index contributed by atoms with van der Waals surface area (Å²) in [5.41, 5.74) is 5.52. The summed E-state index contributed by atoms with van der Waals surface area (Å²) in [6.45, 7) is 0.537. The van der Waals surface area contributed by atoms with Gasteiger partial charge in [0.05, 0.1) is 25.8 Å². The van der Waals surface area contributed by atoms with Gasteiger partial charge in [0.2, 0.25) is 12.7 Å². The fourth-order valence-electron chi connectivity index (χ4n) is 4.25. The third kappa shape index (κ3) is 7.21. The second-order valence-corrected chi connectivity index (χ2v) is 9.19. The van der Waals surface area contributed by atoms with E-state index in [-0.39, 0.29) is 25.0 Å². The number of hydrazone groups is 1. The van der Waals surface area contributed by atoms with Gasteiger partial charge in [-0.1, -0.05) is 54.6 Å². The summed E-state index contributed by atoms with van der Waals surface area (Å²) in [6.07, 6.45) is 1.53. The van der Waals surface area contributed by atoms with Crippen molar-refractivity contribution in [2.45, 2.75) is 19.1 Å². The Morgan fingerprint density at radius 1 is 0.902 bits per heavy atom. The van der Waals surface area contributed by atoms with E-state index >= 15 is 0 Å². The van der Waals surface area contributed by atoms with E-state index in [1.807, 2.05) is 54.6 Å². The molecule has 1 aliphatic heterocycles. The summed E-state index contributed by atoms with van der Waals surface area (Å²) in [4.78, 5) is 25.5. The fraction of sp³-hybridized carbons (Fsp3) is 0.156. The van der Waals surface area contributed by atoms with Crippen LogP contribution in [0, 0.1) is 0 Å². The van der Waals surface area contributed by atoms with Crippen molar-refractivity contribution in [2.75, 3.05) is 13.9 Å². The largest absolute Gasteiger partial charge is 0.493 e. The summed E-state index contributed by atoms with van der Waals surface area (Å²) in [5.74, 6) is 1.89. The number of amides is 2. The molecule has 4 aromatic rings. The smallest absolute Gasteiger partial charge is 0.251 e. The van der Waals surface area contributed by atoms with Crippen LogP contribution in [0.3, 0.4) is 0 Å². The molecule has 9 heteroatoms. The van der Waals surface area contributed by atoms with E-state index in [1.54, 1.807) is 49.6 Å². The van der Waals surface area contributed by atoms with Crippen molar-refractivity contribution in [3.63, 3.8) is 0 Å². The molecule has 5 rings (SSSR count). The van der Waals surface area contributed by atoms with Gasteiger partial charge in [0.1, 0.15) is 6.61 Å². The Bertz CT molecular complexity index is 1530. The van der Waals surface area contributed by atoms with Crippen LogP contribution in [0.5, 0.6) is 23.0 Å². The Hall–Kier alpha value is -5.31. The second-order valence-electron chi connectivity index (χ2n) is 9.19. The highest BCUT2D eigenvalue weighted by Crippen LogP contribution is 2.34. The molecule has 0 saturated heterocycles. The van der Waals surface area contributed by atoms with Crippen LogP contribution < -0.4 is 29.7 Å². The minimum Gasteiger partial charge on any atom is -0.493 e. The predicted octanol–water partition coefficient (Wildman–Crippen LogP) is 5.01. The van der Waals surface area contributed by atoms with Crippen LogP contribution in [0.4, 0.5) is 0 Å². The first-order chi connectivity index (χ1) is 20.1. The molecule has 0 spiro atoms. The average Bonchev–Trinajstić information content (AvgIpc) is 3.49. The number of ether oxygens (including phenoxy) is 4. The maximum atomic E-state index is 12.8. The topological polar surface area (TPSA) is 107 Å². The van der Waals surface area contributed by atoms with E-state index < -0.39 is 6.04 Å². The monoisotopic (exact) mass is 551 g/mol. The summed E-state index contributed by atoms with van der Waals surface area (Å²) >= 11 is 0. The van der Waals surface area contributed by atoms with E-state index in [2.05, 4.69) is 15.8 Å². The van der Waals surface area contributed by atoms with Crippen molar-refractivity contribution in [3.05, 3.63) is 119 Å². The van der Waals surface area contributed by atoms with Crippen molar-refractivity contribution < 1.29 is 28.5 Å². The fourth-order valence-corrected chi connectivity index (χ4v) is 4.25. The minimum atomic E-state index is -0.527. The highest BCUT2D eigenvalue weighted by Gasteiger charge is 2.19. The predicted molar refractivity (Wildman–Crippen MR) is 153 cm³/mol. The Morgan fingerprint density at radius 2 is 1.66 bits per heavy atom. The molecular formula is C32H29N3O6. The molecule has 0 unspecified atom stereocenters. The SMILES string of the molecule is COc1cc(/C=N\NC(=O)C[C@H](NC(=O)c2ccccc2)c2ccccc2)ccc1OCc1ccc2c(c1)OCO2. The van der Waals surface area contributed by atoms with Crippen molar-refractivity contribution in [1.29, 1.82) is 0 Å². The van der Waals surface area contributed by atoms with E-state index in [9.17, 15) is 9.59 Å². The number of nitrogens with one attached hydrogen (secondary N) is 2. The van der Waals surface area contributed by atoms with Crippen LogP contribution in [-0.2, 0) is 11.4 Å². The van der Waals surface area contributed by atoms with Crippen LogP contribution in [0.2, 0.25) is 0 Å². The van der Waals surface area contributed by atoms with Gasteiger partial charge in [0.25, 0.3) is 5.91 Å². The van der Waals surface area contributed by atoms with Gasteiger partial charge in [-0.05, 0) is 59.2 Å². The van der Waals surface area contributed by atoms with Gasteiger partial charge < -0.3 is 24.3 Å². The van der Waals surface area contributed by atoms with Crippen LogP contribution in [-0.4, -0.2) is 31.9 Å². The molecule has 2 N–H and O–H groups in total. The molecule has 0 aromatic heterocycles. The van der Waals surface area contributed by atoms with Crippen molar-refractivity contribution >= 4 is 18.0 Å². The molecular weight excluding hydrogens is 522 g/mol. The number of benzene rings is 4. The lowest BCUT2D eigenvalue weighted by molar-refractivity contribution is -0.121. The lowest BCUT2D eigenvalue weighted by atomic mass is 10.0. The molecule has 0 saturated carbocycles. The first-order valence-electron chi connectivity index (χ1n) is 13.0. The van der Waals surface area contributed by atoms with E-state index in [0.29, 0.717) is 35.0 Å². The summed E-state index contributed by atoms with van der Waals surface area (Å²) in [6, 6.07) is 28.7. The normalized spacial score (nSPS) is 12.5. The molecule has 0 radical (unpaired) electrons. The molecule has 1 aliphatic rings. The standard InChI is InChI=1S/C32H29N3O6/c1-38-29-16-22(12-14-27(29)39-20-23-13-15-28-30(17-23)41-21-40-28)19-33-35-31(36)18-26(24-8-4-2-5-9-24)34-32(37)25-10-6-3-7-11-25/h2-17,19,26H,18,20-21H2,1H3,(H,34,37)(H,35,36)/b33-19-/t26-/m0/s1. The molecule has 9 nitrogen and oxygen atoms in total. The molecule has 0 fully saturated rings. The van der Waals surface area contributed by atoms with Gasteiger partial charge in [-0.25, -0.2) is 5.43 Å². The summed E-state index contributed by atoms with van der Waals surface area (Å²) in [5, 5.41) is 7.05. The number of hydrogen-bond donors (Lipinski definition) is 2. The number of carbonyl (C=O) groups is 2. The third-order valence-electron chi connectivity index (χ3n) is 6.35. The molecule has 2 amide bonds. The van der Waals surface area contributed by atoms with Crippen LogP contribution in [0.25, 0.3) is 0 Å². The van der Waals surface area contributed by atoms with Crippen LogP contribution >= 0.6 is 0 Å². The zero-order valence-corrected chi connectivity index (χ0v) is 22.4. The maximum absolute atomic E-state index is 12.8. The van der Waals surface area contributed by atoms with Gasteiger partial charge in [0, 0.05) is 5.56 Å². The Morgan fingerprint density at radius 3 is 2.44 bits per heavy atom. The number of rotatable bonds is 11. The Labute approximate surface area is 237 Å². The number of carbonyl (C=O) groups excluding carboxylic acids is 2. The van der Waals surface area contributed by atoms with Crippen molar-refractivity contribution in [3.8, 4) is 23.0 Å². The molecule has 208 valence electrons. The molecule has 1 heterocycles. The Balaban J connectivity index is 1.18. The van der Waals surface area contributed by atoms with E-state index in [0.717, 1.165) is 16.9 Å². The van der Waals surface area contributed by atoms with Crippen molar-refractivity contribution in [1.82, 2.24) is 10.7 Å². The minimum absolute atomic E-state index is 0.00981. The van der Waals surface area contributed by atoms with Gasteiger partial charge in [-0.15, -0.1) is 0 Å². The zero-order valence-electron chi connectivity index (χ0n) is 22.4. The molecule has 4 aromatic carbocycles. The molecule has 0 aliphatic carbocycles. The molecule has 1 atom stereocenters. The van der Waals surface area contributed by atoms with Gasteiger partial charge in [0.15, 0.2) is 23.0 Å². The number of methoxy groups -OCH3 is 1. The van der Waals surface area contributed by atoms with Gasteiger partial charge in [-0.2, -0.15) is 5.10 Å². The first kappa shape index (κ1) is 27.3. The average molecular weight is 552 g/mol. The van der Waals surface area contributed by atoms with Gasteiger partial charge >= 0.3 is 0 Å². The highest BCUT2D eigenvalue weighted by atomic mass is 16.7. The maximum Gasteiger partial charge on any atom is 0.251 e. The first-order valence-corrected chi connectivity index (χ1v) is 13.0. The molecule has 41 heavy (non-hydrogen) atoms. The number of nitrogens with zero attached hydrogens (tertiary/aromatic N) is 1. The summed E-state index contributed by atoms with van der Waals surface area (Å²) < 4.78 is 22.2. The van der Waals surface area contributed by atoms with E-state index in [1.165, 1.54) is 6.21 Å². The quantitative estimate of drug-likeness (QED) is 0.200. The highest BCUT2D eigenvalue weighted by molar-refractivity contribution is 5.94. The third-order valence-corrected chi connectivity index (χ3v) is 6.35. The van der Waals surface area contributed by atoms with Gasteiger partial charge in [-0.3, -0.25) is 9.59 Å². The lowest BCUT2D eigenvalue weighted by Gasteiger charge is -2.18. The van der Waals surface area contributed by atoms with E-state index in [4.69, 9.17) is 18.9 Å². The van der Waals surface area contributed by atoms with Crippen molar-refractivity contribution in [2.24, 2.45) is 5.10 Å². The zero-order chi connectivity index (χ0) is 28.4. The number of hydrogen-bond acceptors (Lipinski definition) is 7.